The second-order valence-corrected chi connectivity index (χ2v) is 15.3. The van der Waals surface area contributed by atoms with Crippen LogP contribution in [0.3, 0.4) is 0 Å². The molecule has 0 radical (unpaired) electrons. The van der Waals surface area contributed by atoms with Gasteiger partial charge in [0.25, 0.3) is 0 Å². The highest BCUT2D eigenvalue weighted by molar-refractivity contribution is 7.99. The van der Waals surface area contributed by atoms with Gasteiger partial charge in [-0.25, -0.2) is 0 Å². The minimum absolute atomic E-state index is 0.154. The monoisotopic (exact) mass is 577 g/mol. The predicted molar refractivity (Wildman–Crippen MR) is 156 cm³/mol. The van der Waals surface area contributed by atoms with Gasteiger partial charge < -0.3 is 14.2 Å². The zero-order valence-corrected chi connectivity index (χ0v) is 26.0. The van der Waals surface area contributed by atoms with Crippen LogP contribution in [0.15, 0.2) is 0 Å². The molecule has 0 aromatic heterocycles. The van der Waals surface area contributed by atoms with Crippen molar-refractivity contribution in [2.75, 3.05) is 51.0 Å². The smallest absolute Gasteiger partial charge is 0.320 e. The van der Waals surface area contributed by atoms with E-state index in [1.165, 1.54) is 43.9 Å². The van der Waals surface area contributed by atoms with Crippen molar-refractivity contribution < 1.29 is 28.6 Å². The summed E-state index contributed by atoms with van der Waals surface area (Å²) in [4.78, 5) is 39.3. The number of thioether (sulfide) groups is 1. The van der Waals surface area contributed by atoms with Gasteiger partial charge in [-0.1, -0.05) is 13.8 Å². The van der Waals surface area contributed by atoms with Crippen LogP contribution in [0.1, 0.15) is 85.5 Å². The van der Waals surface area contributed by atoms with Crippen LogP contribution in [0.4, 0.5) is 0 Å². The van der Waals surface area contributed by atoms with Crippen molar-refractivity contribution in [3.05, 3.63) is 0 Å². The third-order valence-electron chi connectivity index (χ3n) is 12.0. The number of esters is 2. The van der Waals surface area contributed by atoms with Crippen molar-refractivity contribution in [2.24, 2.45) is 40.4 Å². The molecule has 0 unspecified atom stereocenters. The van der Waals surface area contributed by atoms with Crippen LogP contribution in [0.5, 0.6) is 0 Å². The maximum Gasteiger partial charge on any atom is 0.320 e. The van der Waals surface area contributed by atoms with E-state index in [0.29, 0.717) is 60.9 Å². The average molecular weight is 578 g/mol. The number of ketones is 1. The van der Waals surface area contributed by atoms with Crippen LogP contribution >= 0.6 is 11.8 Å². The molecule has 4 saturated carbocycles. The molecule has 40 heavy (non-hydrogen) atoms. The quantitative estimate of drug-likeness (QED) is 0.275. The summed E-state index contributed by atoms with van der Waals surface area (Å²) in [6, 6.07) is 0. The fraction of sp³-hybridized carbons (Fsp3) is 0.906. The molecule has 0 aromatic rings. The van der Waals surface area contributed by atoms with E-state index in [1.807, 2.05) is 11.8 Å². The Morgan fingerprint density at radius 1 is 0.900 bits per heavy atom. The number of carbonyl (C=O) groups is 3. The first kappa shape index (κ1) is 30.3. The number of nitrogens with zero attached hydrogens (tertiary/aromatic N) is 1. The van der Waals surface area contributed by atoms with Gasteiger partial charge in [0, 0.05) is 24.8 Å². The largest absolute Gasteiger partial charge is 0.464 e. The zero-order chi connectivity index (χ0) is 28.5. The standard InChI is InChI=1S/C32H51NO6S/c1-22(34)25-7-8-26-24-6-5-23-19-30(2,11-12-31(23,3)27(24)9-10-32(25,26)4)39-29(36)21-40-18-17-38-28(35)20-33-13-15-37-16-14-33/h23-27H,5-21H2,1-4H3/t23-,24-,25+,26-,27-,30+,31-,32+/m0/s1. The normalized spacial score (nSPS) is 41.4. The fourth-order valence-electron chi connectivity index (χ4n) is 9.84. The van der Waals surface area contributed by atoms with Crippen LogP contribution in [-0.2, 0) is 28.6 Å². The summed E-state index contributed by atoms with van der Waals surface area (Å²) in [7, 11) is 0. The summed E-state index contributed by atoms with van der Waals surface area (Å²) >= 11 is 1.47. The molecule has 8 atom stereocenters. The Kier molecular flexibility index (Phi) is 9.28. The Bertz CT molecular complexity index is 954. The van der Waals surface area contributed by atoms with E-state index in [-0.39, 0.29) is 23.3 Å². The summed E-state index contributed by atoms with van der Waals surface area (Å²) in [6.45, 7) is 12.4. The van der Waals surface area contributed by atoms with Gasteiger partial charge in [0.05, 0.1) is 25.5 Å². The van der Waals surface area contributed by atoms with Crippen LogP contribution < -0.4 is 0 Å². The third kappa shape index (κ3) is 6.15. The molecule has 5 rings (SSSR count). The molecule has 0 amide bonds. The highest BCUT2D eigenvalue weighted by Crippen LogP contribution is 2.68. The number of morpholine rings is 1. The van der Waals surface area contributed by atoms with Gasteiger partial charge in [0.15, 0.2) is 0 Å². The number of Topliss-reactive ketones (excluding diaryl/α,β-unsaturated/α-hetero) is 1. The second kappa shape index (κ2) is 12.2. The maximum absolute atomic E-state index is 12.8. The Balaban J connectivity index is 1.06. The Labute approximate surface area is 245 Å². The fourth-order valence-corrected chi connectivity index (χ4v) is 10.4. The van der Waals surface area contributed by atoms with Crippen molar-refractivity contribution >= 4 is 29.5 Å². The van der Waals surface area contributed by atoms with Gasteiger partial charge in [-0.15, -0.1) is 11.8 Å². The molecule has 0 aromatic carbocycles. The molecule has 0 N–H and O–H groups in total. The molecule has 0 bridgehead atoms. The van der Waals surface area contributed by atoms with Crippen LogP contribution in [0.25, 0.3) is 0 Å². The number of hydrogen-bond donors (Lipinski definition) is 0. The third-order valence-corrected chi connectivity index (χ3v) is 12.8. The molecule has 8 heteroatoms. The van der Waals surface area contributed by atoms with E-state index in [2.05, 4.69) is 20.8 Å². The number of rotatable bonds is 9. The minimum Gasteiger partial charge on any atom is -0.464 e. The molecule has 0 spiro atoms. The SMILES string of the molecule is CC(=O)[C@H]1CC[C@H]2[C@@H]3CC[C@H]4C[C@](C)(OC(=O)CSCCOC(=O)CN5CCOCC5)CC[C@]4(C)[C@H]3CC[C@]12C. The minimum atomic E-state index is -0.393. The first-order valence-electron chi connectivity index (χ1n) is 15.8. The molecule has 226 valence electrons. The Hall–Kier alpha value is -1.12. The molecule has 7 nitrogen and oxygen atoms in total. The van der Waals surface area contributed by atoms with E-state index in [1.54, 1.807) is 0 Å². The molecule has 1 saturated heterocycles. The molecular weight excluding hydrogens is 526 g/mol. The number of hydrogen-bond acceptors (Lipinski definition) is 8. The molecule has 1 aliphatic heterocycles. The number of ether oxygens (including phenoxy) is 3. The van der Waals surface area contributed by atoms with Gasteiger partial charge in [0.1, 0.15) is 18.0 Å². The summed E-state index contributed by atoms with van der Waals surface area (Å²) in [5.41, 5.74) is 0.119. The van der Waals surface area contributed by atoms with Gasteiger partial charge in [-0.3, -0.25) is 19.3 Å². The predicted octanol–water partition coefficient (Wildman–Crippen LogP) is 5.14. The molecule has 5 fully saturated rings. The van der Waals surface area contributed by atoms with Gasteiger partial charge >= 0.3 is 11.9 Å². The summed E-state index contributed by atoms with van der Waals surface area (Å²) in [6.07, 6.45) is 10.2. The molecule has 5 aliphatic rings. The average Bonchev–Trinajstić information content (AvgIpc) is 3.27. The van der Waals surface area contributed by atoms with Crippen molar-refractivity contribution in [3.8, 4) is 0 Å². The van der Waals surface area contributed by atoms with Gasteiger partial charge in [-0.05, 0) is 106 Å². The lowest BCUT2D eigenvalue weighted by Crippen LogP contribution is -2.56. The van der Waals surface area contributed by atoms with E-state index >= 15 is 0 Å². The lowest BCUT2D eigenvalue weighted by Gasteiger charge is -2.62. The molecule has 4 aliphatic carbocycles. The molecule has 1 heterocycles. The second-order valence-electron chi connectivity index (χ2n) is 14.2. The van der Waals surface area contributed by atoms with Crippen molar-refractivity contribution in [2.45, 2.75) is 91.1 Å². The van der Waals surface area contributed by atoms with E-state index in [9.17, 15) is 14.4 Å². The highest BCUT2D eigenvalue weighted by Gasteiger charge is 2.61. The molecular formula is C32H51NO6S. The van der Waals surface area contributed by atoms with E-state index in [4.69, 9.17) is 14.2 Å². The van der Waals surface area contributed by atoms with E-state index in [0.717, 1.165) is 50.6 Å². The summed E-state index contributed by atoms with van der Waals surface area (Å²) in [5, 5.41) is 0. The lowest BCUT2D eigenvalue weighted by atomic mass is 9.44. The van der Waals surface area contributed by atoms with Crippen LogP contribution in [0.2, 0.25) is 0 Å². The number of carbonyl (C=O) groups excluding carboxylic acids is 3. The first-order chi connectivity index (χ1) is 19.0. The number of fused-ring (bicyclic) bond motifs is 5. The topological polar surface area (TPSA) is 82.1 Å². The van der Waals surface area contributed by atoms with Crippen molar-refractivity contribution in [1.29, 1.82) is 0 Å². The van der Waals surface area contributed by atoms with Crippen molar-refractivity contribution in [1.82, 2.24) is 4.90 Å². The van der Waals surface area contributed by atoms with Gasteiger partial charge in [-0.2, -0.15) is 0 Å². The maximum atomic E-state index is 12.8. The highest BCUT2D eigenvalue weighted by atomic mass is 32.2. The van der Waals surface area contributed by atoms with Crippen LogP contribution in [0, 0.1) is 40.4 Å². The summed E-state index contributed by atoms with van der Waals surface area (Å²) in [5.74, 6) is 3.95. The van der Waals surface area contributed by atoms with Crippen molar-refractivity contribution in [3.63, 3.8) is 0 Å². The zero-order valence-electron chi connectivity index (χ0n) is 25.2. The lowest BCUT2D eigenvalue weighted by molar-refractivity contribution is -0.178. The summed E-state index contributed by atoms with van der Waals surface area (Å²) < 4.78 is 16.8. The van der Waals surface area contributed by atoms with E-state index < -0.39 is 5.60 Å². The Morgan fingerprint density at radius 3 is 2.40 bits per heavy atom. The van der Waals surface area contributed by atoms with Crippen LogP contribution in [-0.4, -0.2) is 79.2 Å². The van der Waals surface area contributed by atoms with Gasteiger partial charge in [0.2, 0.25) is 0 Å². The Morgan fingerprint density at radius 2 is 1.65 bits per heavy atom. The first-order valence-corrected chi connectivity index (χ1v) is 17.0.